The van der Waals surface area contributed by atoms with Crippen LogP contribution in [0.5, 0.6) is 0 Å². The van der Waals surface area contributed by atoms with Crippen molar-refractivity contribution in [3.63, 3.8) is 0 Å². The van der Waals surface area contributed by atoms with E-state index < -0.39 is 0 Å². The van der Waals surface area contributed by atoms with Crippen LogP contribution in [0.25, 0.3) is 0 Å². The fraction of sp³-hybridized carbons (Fsp3) is 0.312. The molecule has 1 aromatic heterocycles. The highest BCUT2D eigenvalue weighted by Gasteiger charge is 2.07. The van der Waals surface area contributed by atoms with Crippen molar-refractivity contribution in [1.82, 2.24) is 15.2 Å². The Hall–Kier alpha value is -2.21. The Bertz CT molecular complexity index is 710. The zero-order valence-corrected chi connectivity index (χ0v) is 14.4. The number of thiocarbonyl (C=S) groups is 1. The third kappa shape index (κ3) is 3.51. The Morgan fingerprint density at radius 2 is 1.86 bits per heavy atom. The molecule has 0 saturated carbocycles. The lowest BCUT2D eigenvalue weighted by Gasteiger charge is -2.12. The molecule has 2 N–H and O–H groups in total. The number of hydrogen-bond donors (Lipinski definition) is 2. The van der Waals surface area contributed by atoms with Crippen LogP contribution >= 0.6 is 12.2 Å². The fourth-order valence-electron chi connectivity index (χ4n) is 2.29. The lowest BCUT2D eigenvalue weighted by Crippen LogP contribution is -2.24. The molecule has 6 heteroatoms. The molecule has 0 atom stereocenters. The van der Waals surface area contributed by atoms with Crippen molar-refractivity contribution in [2.24, 2.45) is 12.1 Å². The van der Waals surface area contributed by atoms with Gasteiger partial charge in [0.2, 0.25) is 0 Å². The number of aromatic nitrogens is 2. The number of nitrogens with one attached hydrogen (secondary N) is 2. The molecule has 5 nitrogen and oxygen atoms in total. The second kappa shape index (κ2) is 6.70. The number of hydrazone groups is 1. The van der Waals surface area contributed by atoms with Crippen molar-refractivity contribution < 1.29 is 0 Å². The van der Waals surface area contributed by atoms with Gasteiger partial charge in [0.15, 0.2) is 5.11 Å². The molecule has 0 fully saturated rings. The number of para-hydroxylation sites is 1. The molecule has 0 aliphatic heterocycles. The zero-order valence-electron chi connectivity index (χ0n) is 13.6. The van der Waals surface area contributed by atoms with Gasteiger partial charge in [-0.1, -0.05) is 18.2 Å². The molecule has 22 heavy (non-hydrogen) atoms. The Morgan fingerprint density at radius 1 is 1.23 bits per heavy atom. The summed E-state index contributed by atoms with van der Waals surface area (Å²) in [5.41, 5.74) is 9.17. The normalized spacial score (nSPS) is 11.0. The van der Waals surface area contributed by atoms with Crippen molar-refractivity contribution in [2.45, 2.75) is 27.7 Å². The van der Waals surface area contributed by atoms with E-state index in [2.05, 4.69) is 20.9 Å². The predicted molar refractivity (Wildman–Crippen MR) is 95.5 cm³/mol. The van der Waals surface area contributed by atoms with Gasteiger partial charge in [-0.25, -0.2) is 0 Å². The van der Waals surface area contributed by atoms with Crippen molar-refractivity contribution in [3.05, 3.63) is 46.3 Å². The van der Waals surface area contributed by atoms with E-state index in [4.69, 9.17) is 12.2 Å². The fourth-order valence-corrected chi connectivity index (χ4v) is 2.44. The van der Waals surface area contributed by atoms with Crippen LogP contribution in [0.3, 0.4) is 0 Å². The maximum Gasteiger partial charge on any atom is 0.191 e. The standard InChI is InChI=1S/C16H21N5S/c1-10-7-6-8-11(2)15(10)18-16(22)19-17-9-14-12(3)20-21(5)13(14)4/h6-9H,1-5H3,(H2,18,19,22)/b17-9-. The summed E-state index contributed by atoms with van der Waals surface area (Å²) in [5.74, 6) is 0. The van der Waals surface area contributed by atoms with E-state index in [1.807, 2.05) is 57.6 Å². The molecule has 0 radical (unpaired) electrons. The number of benzene rings is 1. The lowest BCUT2D eigenvalue weighted by molar-refractivity contribution is 0.731. The van der Waals surface area contributed by atoms with E-state index in [-0.39, 0.29) is 0 Å². The molecular weight excluding hydrogens is 294 g/mol. The molecule has 0 spiro atoms. The molecular formula is C16H21N5S. The van der Waals surface area contributed by atoms with Crippen LogP contribution in [0.2, 0.25) is 0 Å². The smallest absolute Gasteiger partial charge is 0.191 e. The van der Waals surface area contributed by atoms with Gasteiger partial charge in [0, 0.05) is 24.0 Å². The van der Waals surface area contributed by atoms with Crippen LogP contribution in [-0.2, 0) is 7.05 Å². The number of aryl methyl sites for hydroxylation is 4. The monoisotopic (exact) mass is 315 g/mol. The van der Waals surface area contributed by atoms with Crippen LogP contribution in [0.4, 0.5) is 5.69 Å². The summed E-state index contributed by atoms with van der Waals surface area (Å²) in [7, 11) is 1.92. The summed E-state index contributed by atoms with van der Waals surface area (Å²) < 4.78 is 1.84. The highest BCUT2D eigenvalue weighted by atomic mass is 32.1. The minimum Gasteiger partial charge on any atom is -0.331 e. The molecule has 116 valence electrons. The summed E-state index contributed by atoms with van der Waals surface area (Å²) >= 11 is 5.28. The Labute approximate surface area is 136 Å². The molecule has 2 rings (SSSR count). The van der Waals surface area contributed by atoms with Crippen molar-refractivity contribution in [3.8, 4) is 0 Å². The van der Waals surface area contributed by atoms with Gasteiger partial charge in [-0.2, -0.15) is 10.2 Å². The van der Waals surface area contributed by atoms with Gasteiger partial charge in [0.05, 0.1) is 11.9 Å². The summed E-state index contributed by atoms with van der Waals surface area (Å²) in [4.78, 5) is 0. The molecule has 0 saturated heterocycles. The lowest BCUT2D eigenvalue weighted by atomic mass is 10.1. The number of hydrogen-bond acceptors (Lipinski definition) is 3. The summed E-state index contributed by atoms with van der Waals surface area (Å²) in [6.45, 7) is 8.06. The van der Waals surface area contributed by atoms with Gasteiger partial charge in [-0.15, -0.1) is 0 Å². The first-order valence-corrected chi connectivity index (χ1v) is 7.47. The molecule has 0 amide bonds. The third-order valence-electron chi connectivity index (χ3n) is 3.64. The van der Waals surface area contributed by atoms with Crippen LogP contribution in [0.15, 0.2) is 23.3 Å². The van der Waals surface area contributed by atoms with Crippen molar-refractivity contribution in [1.29, 1.82) is 0 Å². The Balaban J connectivity index is 2.03. The van der Waals surface area contributed by atoms with Crippen LogP contribution in [0, 0.1) is 27.7 Å². The highest BCUT2D eigenvalue weighted by molar-refractivity contribution is 7.80. The van der Waals surface area contributed by atoms with Gasteiger partial charge in [0.25, 0.3) is 0 Å². The number of nitrogens with zero attached hydrogens (tertiary/aromatic N) is 3. The summed E-state index contributed by atoms with van der Waals surface area (Å²) in [6.07, 6.45) is 1.75. The van der Waals surface area contributed by atoms with Gasteiger partial charge in [0.1, 0.15) is 0 Å². The number of anilines is 1. The molecule has 0 unspecified atom stereocenters. The molecule has 0 aliphatic rings. The first-order valence-electron chi connectivity index (χ1n) is 7.06. The van der Waals surface area contributed by atoms with E-state index in [1.165, 1.54) is 0 Å². The predicted octanol–water partition coefficient (Wildman–Crippen LogP) is 2.97. The summed E-state index contributed by atoms with van der Waals surface area (Å²) in [6, 6.07) is 6.12. The molecule has 1 heterocycles. The maximum absolute atomic E-state index is 5.28. The number of rotatable bonds is 3. The molecule has 1 aromatic carbocycles. The van der Waals surface area contributed by atoms with E-state index >= 15 is 0 Å². The highest BCUT2D eigenvalue weighted by Crippen LogP contribution is 2.19. The topological polar surface area (TPSA) is 54.2 Å². The SMILES string of the molecule is Cc1cccc(C)c1NC(=S)N/N=C\c1c(C)nn(C)c1C. The first kappa shape index (κ1) is 16.2. The zero-order chi connectivity index (χ0) is 16.3. The van der Waals surface area contributed by atoms with E-state index in [9.17, 15) is 0 Å². The molecule has 0 bridgehead atoms. The Morgan fingerprint density at radius 3 is 2.41 bits per heavy atom. The van der Waals surface area contributed by atoms with Crippen LogP contribution < -0.4 is 10.7 Å². The van der Waals surface area contributed by atoms with Crippen LogP contribution in [0.1, 0.15) is 28.1 Å². The minimum absolute atomic E-state index is 0.466. The maximum atomic E-state index is 5.28. The largest absolute Gasteiger partial charge is 0.331 e. The van der Waals surface area contributed by atoms with Crippen molar-refractivity contribution in [2.75, 3.05) is 5.32 Å². The quantitative estimate of drug-likeness (QED) is 0.519. The Kier molecular flexibility index (Phi) is 4.92. The van der Waals surface area contributed by atoms with E-state index in [0.717, 1.165) is 33.8 Å². The first-order chi connectivity index (χ1) is 10.4. The van der Waals surface area contributed by atoms with Gasteiger partial charge in [-0.05, 0) is 51.0 Å². The third-order valence-corrected chi connectivity index (χ3v) is 3.84. The average Bonchev–Trinajstić information content (AvgIpc) is 2.69. The van der Waals surface area contributed by atoms with E-state index in [1.54, 1.807) is 6.21 Å². The van der Waals surface area contributed by atoms with Crippen LogP contribution in [-0.4, -0.2) is 21.1 Å². The van der Waals surface area contributed by atoms with E-state index in [0.29, 0.717) is 5.11 Å². The van der Waals surface area contributed by atoms with Gasteiger partial charge < -0.3 is 5.32 Å². The average molecular weight is 315 g/mol. The minimum atomic E-state index is 0.466. The second-order valence-corrected chi connectivity index (χ2v) is 5.71. The molecule has 2 aromatic rings. The van der Waals surface area contributed by atoms with Gasteiger partial charge in [-0.3, -0.25) is 10.1 Å². The molecule has 0 aliphatic carbocycles. The van der Waals surface area contributed by atoms with Gasteiger partial charge >= 0.3 is 0 Å². The summed E-state index contributed by atoms with van der Waals surface area (Å²) in [5, 5.41) is 12.2. The van der Waals surface area contributed by atoms with Crippen molar-refractivity contribution >= 4 is 29.2 Å². The second-order valence-electron chi connectivity index (χ2n) is 5.30.